The SMILES string of the molecule is Cc1c(/C(=N\O)C(F)(F)F)c2ccccc2n1C. The van der Waals surface area contributed by atoms with Gasteiger partial charge >= 0.3 is 6.18 Å². The van der Waals surface area contributed by atoms with E-state index in [1.165, 1.54) is 0 Å². The number of aromatic nitrogens is 1. The summed E-state index contributed by atoms with van der Waals surface area (Å²) in [5, 5.41) is 11.5. The van der Waals surface area contributed by atoms with Crippen LogP contribution in [0.1, 0.15) is 11.3 Å². The van der Waals surface area contributed by atoms with E-state index in [1.807, 2.05) is 0 Å². The van der Waals surface area contributed by atoms with Gasteiger partial charge in [0.2, 0.25) is 0 Å². The van der Waals surface area contributed by atoms with Gasteiger partial charge in [0.25, 0.3) is 0 Å². The minimum Gasteiger partial charge on any atom is -0.410 e. The molecule has 1 heterocycles. The van der Waals surface area contributed by atoms with E-state index >= 15 is 0 Å². The van der Waals surface area contributed by atoms with E-state index in [4.69, 9.17) is 5.21 Å². The Labute approximate surface area is 101 Å². The van der Waals surface area contributed by atoms with Crippen LogP contribution in [0.2, 0.25) is 0 Å². The van der Waals surface area contributed by atoms with Gasteiger partial charge in [-0.3, -0.25) is 0 Å². The number of hydrogen-bond acceptors (Lipinski definition) is 2. The van der Waals surface area contributed by atoms with Crippen molar-refractivity contribution in [3.8, 4) is 0 Å². The Balaban J connectivity index is 2.83. The third kappa shape index (κ3) is 1.73. The van der Waals surface area contributed by atoms with Crippen LogP contribution in [0.3, 0.4) is 0 Å². The monoisotopic (exact) mass is 256 g/mol. The van der Waals surface area contributed by atoms with E-state index in [0.717, 1.165) is 0 Å². The van der Waals surface area contributed by atoms with E-state index < -0.39 is 11.9 Å². The molecule has 0 aliphatic carbocycles. The number of hydrogen-bond donors (Lipinski definition) is 1. The number of benzene rings is 1. The molecule has 0 radical (unpaired) electrons. The fraction of sp³-hybridized carbons (Fsp3) is 0.250. The van der Waals surface area contributed by atoms with Crippen LogP contribution in [0.4, 0.5) is 13.2 Å². The Morgan fingerprint density at radius 2 is 1.89 bits per heavy atom. The quantitative estimate of drug-likeness (QED) is 0.475. The molecule has 1 aromatic heterocycles. The molecular formula is C12H11F3N2O. The predicted octanol–water partition coefficient (Wildman–Crippen LogP) is 3.23. The van der Waals surface area contributed by atoms with E-state index in [-0.39, 0.29) is 5.56 Å². The molecule has 0 saturated carbocycles. The summed E-state index contributed by atoms with van der Waals surface area (Å²) in [6.45, 7) is 1.56. The summed E-state index contributed by atoms with van der Waals surface area (Å²) in [7, 11) is 1.67. The third-order valence-electron chi connectivity index (χ3n) is 3.00. The number of fused-ring (bicyclic) bond motifs is 1. The first-order valence-electron chi connectivity index (χ1n) is 5.21. The van der Waals surface area contributed by atoms with Gasteiger partial charge in [0.1, 0.15) is 0 Å². The van der Waals surface area contributed by atoms with Crippen LogP contribution in [0.5, 0.6) is 0 Å². The zero-order valence-electron chi connectivity index (χ0n) is 9.78. The second-order valence-corrected chi connectivity index (χ2v) is 3.98. The maximum Gasteiger partial charge on any atom is 0.437 e. The van der Waals surface area contributed by atoms with Gasteiger partial charge in [-0.1, -0.05) is 23.4 Å². The van der Waals surface area contributed by atoms with Crippen LogP contribution in [0, 0.1) is 6.92 Å². The molecule has 0 unspecified atom stereocenters. The summed E-state index contributed by atoms with van der Waals surface area (Å²) < 4.78 is 40.1. The maximum atomic E-state index is 12.8. The average molecular weight is 256 g/mol. The lowest BCUT2D eigenvalue weighted by molar-refractivity contribution is -0.0600. The highest BCUT2D eigenvalue weighted by atomic mass is 19.4. The first-order chi connectivity index (χ1) is 8.38. The smallest absolute Gasteiger partial charge is 0.410 e. The molecule has 1 N–H and O–H groups in total. The Bertz CT molecular complexity index is 626. The Kier molecular flexibility index (Phi) is 2.80. The van der Waals surface area contributed by atoms with Crippen molar-refractivity contribution in [3.05, 3.63) is 35.5 Å². The molecule has 0 bridgehead atoms. The highest BCUT2D eigenvalue weighted by Crippen LogP contribution is 2.31. The normalized spacial score (nSPS) is 13.3. The highest BCUT2D eigenvalue weighted by molar-refractivity contribution is 6.14. The number of halogens is 3. The van der Waals surface area contributed by atoms with Gasteiger partial charge in [0.05, 0.1) is 0 Å². The lowest BCUT2D eigenvalue weighted by Crippen LogP contribution is -2.24. The summed E-state index contributed by atoms with van der Waals surface area (Å²) in [4.78, 5) is 0. The molecule has 3 nitrogen and oxygen atoms in total. The summed E-state index contributed by atoms with van der Waals surface area (Å²) in [6, 6.07) is 6.69. The van der Waals surface area contributed by atoms with Gasteiger partial charge in [-0.2, -0.15) is 13.2 Å². The van der Waals surface area contributed by atoms with Crippen LogP contribution in [-0.2, 0) is 7.05 Å². The minimum atomic E-state index is -4.69. The van der Waals surface area contributed by atoms with Crippen molar-refractivity contribution >= 4 is 16.6 Å². The summed E-state index contributed by atoms with van der Waals surface area (Å²) >= 11 is 0. The second-order valence-electron chi connectivity index (χ2n) is 3.98. The van der Waals surface area contributed by atoms with Gasteiger partial charge in [-0.05, 0) is 13.0 Å². The lowest BCUT2D eigenvalue weighted by Gasteiger charge is -2.09. The zero-order chi connectivity index (χ0) is 13.5. The van der Waals surface area contributed by atoms with Crippen molar-refractivity contribution in [1.29, 1.82) is 0 Å². The van der Waals surface area contributed by atoms with E-state index in [1.54, 1.807) is 42.8 Å². The maximum absolute atomic E-state index is 12.8. The van der Waals surface area contributed by atoms with Gasteiger partial charge in [0.15, 0.2) is 5.71 Å². The molecule has 18 heavy (non-hydrogen) atoms. The van der Waals surface area contributed by atoms with Crippen molar-refractivity contribution in [3.63, 3.8) is 0 Å². The molecule has 0 atom stereocenters. The van der Waals surface area contributed by atoms with Crippen molar-refractivity contribution in [2.75, 3.05) is 0 Å². The van der Waals surface area contributed by atoms with Crippen LogP contribution in [0.15, 0.2) is 29.4 Å². The van der Waals surface area contributed by atoms with Crippen molar-refractivity contribution in [1.82, 2.24) is 4.57 Å². The Morgan fingerprint density at radius 3 is 2.44 bits per heavy atom. The van der Waals surface area contributed by atoms with E-state index in [0.29, 0.717) is 16.6 Å². The molecule has 2 rings (SSSR count). The summed E-state index contributed by atoms with van der Waals surface area (Å²) in [5.41, 5.74) is -0.281. The first kappa shape index (κ1) is 12.5. The molecule has 96 valence electrons. The molecule has 0 fully saturated rings. The molecule has 2 aromatic rings. The number of rotatable bonds is 1. The molecule has 0 aliphatic heterocycles. The Morgan fingerprint density at radius 1 is 1.28 bits per heavy atom. The fourth-order valence-electron chi connectivity index (χ4n) is 2.07. The number of nitrogens with zero attached hydrogens (tertiary/aromatic N) is 2. The largest absolute Gasteiger partial charge is 0.437 e. The molecule has 1 aromatic carbocycles. The zero-order valence-corrected chi connectivity index (χ0v) is 9.78. The average Bonchev–Trinajstić information content (AvgIpc) is 2.54. The molecule has 0 saturated heterocycles. The van der Waals surface area contributed by atoms with Gasteiger partial charge in [-0.25, -0.2) is 0 Å². The molecular weight excluding hydrogens is 245 g/mol. The molecule has 0 spiro atoms. The molecule has 6 heteroatoms. The molecule has 0 aliphatic rings. The predicted molar refractivity (Wildman–Crippen MR) is 62.0 cm³/mol. The lowest BCUT2D eigenvalue weighted by atomic mass is 10.1. The van der Waals surface area contributed by atoms with E-state index in [2.05, 4.69) is 5.16 Å². The standard InChI is InChI=1S/C12H11F3N2O/c1-7-10(11(16-18)12(13,14)15)8-5-3-4-6-9(8)17(7)2/h3-6,18H,1-2H3/b16-11+. The fourth-order valence-corrected chi connectivity index (χ4v) is 2.07. The topological polar surface area (TPSA) is 37.5 Å². The van der Waals surface area contributed by atoms with Crippen molar-refractivity contribution in [2.24, 2.45) is 12.2 Å². The van der Waals surface area contributed by atoms with E-state index in [9.17, 15) is 13.2 Å². The van der Waals surface area contributed by atoms with Crippen molar-refractivity contribution in [2.45, 2.75) is 13.1 Å². The van der Waals surface area contributed by atoms with Crippen LogP contribution in [0.25, 0.3) is 10.9 Å². The van der Waals surface area contributed by atoms with Crippen LogP contribution >= 0.6 is 0 Å². The molecule has 0 amide bonds. The number of para-hydroxylation sites is 1. The number of oxime groups is 1. The first-order valence-corrected chi connectivity index (χ1v) is 5.21. The van der Waals surface area contributed by atoms with Crippen molar-refractivity contribution < 1.29 is 18.4 Å². The van der Waals surface area contributed by atoms with Gasteiger partial charge in [-0.15, -0.1) is 0 Å². The second kappa shape index (κ2) is 4.04. The Hall–Kier alpha value is -1.98. The van der Waals surface area contributed by atoms with Gasteiger partial charge in [0, 0.05) is 29.2 Å². The minimum absolute atomic E-state index is 0.0805. The van der Waals surface area contributed by atoms with Gasteiger partial charge < -0.3 is 9.77 Å². The summed E-state index contributed by atoms with van der Waals surface area (Å²) in [5.74, 6) is 0. The van der Waals surface area contributed by atoms with Crippen LogP contribution < -0.4 is 0 Å². The number of alkyl halides is 3. The third-order valence-corrected chi connectivity index (χ3v) is 3.00. The highest BCUT2D eigenvalue weighted by Gasteiger charge is 2.40. The number of aryl methyl sites for hydroxylation is 1. The van der Waals surface area contributed by atoms with Crippen LogP contribution in [-0.4, -0.2) is 21.7 Å². The summed E-state index contributed by atoms with van der Waals surface area (Å²) in [6.07, 6.45) is -4.69.